The monoisotopic (exact) mass is 525 g/mol. The first-order valence-electron chi connectivity index (χ1n) is 12.8. The molecule has 7 heteroatoms. The van der Waals surface area contributed by atoms with E-state index in [1.54, 1.807) is 12.1 Å². The van der Waals surface area contributed by atoms with Gasteiger partial charge in [-0.05, 0) is 34.9 Å². The predicted molar refractivity (Wildman–Crippen MR) is 149 cm³/mol. The average Bonchev–Trinajstić information content (AvgIpc) is 2.98. The first kappa shape index (κ1) is 25.9. The van der Waals surface area contributed by atoms with Crippen LogP contribution in [0.2, 0.25) is 0 Å². The Balaban J connectivity index is 1.27. The lowest BCUT2D eigenvalue weighted by atomic mass is 9.96. The lowest BCUT2D eigenvalue weighted by molar-refractivity contribution is 0.0597. The summed E-state index contributed by atoms with van der Waals surface area (Å²) in [6.07, 6.45) is 0. The van der Waals surface area contributed by atoms with Crippen molar-refractivity contribution in [2.45, 2.75) is 17.5 Å². The number of carbonyl (C=O) groups excluding carboxylic acids is 1. The van der Waals surface area contributed by atoms with Crippen molar-refractivity contribution in [3.05, 3.63) is 138 Å². The normalized spacial score (nSPS) is 14.5. The molecule has 0 bridgehead atoms. The summed E-state index contributed by atoms with van der Waals surface area (Å²) in [5.74, 6) is -0.152. The Bertz CT molecular complexity index is 1410. The van der Waals surface area contributed by atoms with E-state index in [9.17, 15) is 13.2 Å². The van der Waals surface area contributed by atoms with Crippen LogP contribution in [0.4, 0.5) is 0 Å². The maximum Gasteiger partial charge on any atom is 0.253 e. The molecule has 0 aromatic heterocycles. The Labute approximate surface area is 224 Å². The quantitative estimate of drug-likeness (QED) is 0.362. The highest BCUT2D eigenvalue weighted by Gasteiger charge is 2.29. The van der Waals surface area contributed by atoms with Crippen molar-refractivity contribution in [3.63, 3.8) is 0 Å². The van der Waals surface area contributed by atoms with Crippen LogP contribution in [-0.4, -0.2) is 50.3 Å². The van der Waals surface area contributed by atoms with Crippen molar-refractivity contribution >= 4 is 15.9 Å². The van der Waals surface area contributed by atoms with Crippen molar-refractivity contribution in [3.8, 4) is 0 Å². The molecule has 38 heavy (non-hydrogen) atoms. The van der Waals surface area contributed by atoms with Gasteiger partial charge in [0, 0.05) is 38.3 Å². The van der Waals surface area contributed by atoms with E-state index in [1.165, 1.54) is 23.3 Å². The molecule has 1 saturated heterocycles. The molecule has 0 unspecified atom stereocenters. The van der Waals surface area contributed by atoms with Gasteiger partial charge in [-0.3, -0.25) is 9.69 Å². The minimum atomic E-state index is -3.76. The maximum absolute atomic E-state index is 13.4. The molecule has 1 amide bonds. The Hall–Kier alpha value is -3.78. The molecular formula is C31H31N3O3S. The second-order valence-electron chi connectivity index (χ2n) is 9.39. The van der Waals surface area contributed by atoms with Crippen LogP contribution >= 0.6 is 0 Å². The molecule has 0 atom stereocenters. The largest absolute Gasteiger partial charge is 0.336 e. The van der Waals surface area contributed by atoms with Gasteiger partial charge in [0.1, 0.15) is 0 Å². The van der Waals surface area contributed by atoms with Crippen LogP contribution < -0.4 is 4.72 Å². The van der Waals surface area contributed by atoms with Crippen molar-refractivity contribution in [2.75, 3.05) is 26.2 Å². The van der Waals surface area contributed by atoms with Crippen LogP contribution in [0.3, 0.4) is 0 Å². The number of nitrogens with one attached hydrogen (secondary N) is 1. The SMILES string of the molecule is O=C(c1cccc(S(=O)(=O)NCc2ccccc2)c1)N1CCN(C(c2ccccc2)c2ccccc2)CC1. The topological polar surface area (TPSA) is 69.7 Å². The van der Waals surface area contributed by atoms with Gasteiger partial charge >= 0.3 is 0 Å². The summed E-state index contributed by atoms with van der Waals surface area (Å²) in [5, 5.41) is 0. The highest BCUT2D eigenvalue weighted by atomic mass is 32.2. The Morgan fingerprint density at radius 1 is 0.711 bits per heavy atom. The Morgan fingerprint density at radius 3 is 1.84 bits per heavy atom. The highest BCUT2D eigenvalue weighted by Crippen LogP contribution is 2.29. The molecule has 5 rings (SSSR count). The fourth-order valence-electron chi connectivity index (χ4n) is 4.90. The van der Waals surface area contributed by atoms with Gasteiger partial charge in [-0.15, -0.1) is 0 Å². The third-order valence-corrected chi connectivity index (χ3v) is 8.30. The molecular weight excluding hydrogens is 494 g/mol. The molecule has 1 heterocycles. The van der Waals surface area contributed by atoms with E-state index in [0.717, 1.165) is 18.7 Å². The standard InChI is InChI=1S/C31H31N3O3S/c35-31(28-17-10-18-29(23-28)38(36,37)32-24-25-11-4-1-5-12-25)34-21-19-33(20-22-34)30(26-13-6-2-7-14-26)27-15-8-3-9-16-27/h1-18,23,30,32H,19-22,24H2. The van der Waals surface area contributed by atoms with E-state index in [-0.39, 0.29) is 23.4 Å². The summed E-state index contributed by atoms with van der Waals surface area (Å²) < 4.78 is 28.4. The number of carbonyl (C=O) groups is 1. The van der Waals surface area contributed by atoms with Crippen LogP contribution in [-0.2, 0) is 16.6 Å². The third-order valence-electron chi connectivity index (χ3n) is 6.90. The molecule has 1 aliphatic heterocycles. The second-order valence-corrected chi connectivity index (χ2v) is 11.2. The van der Waals surface area contributed by atoms with Gasteiger partial charge in [-0.25, -0.2) is 13.1 Å². The number of hydrogen-bond donors (Lipinski definition) is 1. The summed E-state index contributed by atoms with van der Waals surface area (Å²) in [5.41, 5.74) is 3.69. The first-order valence-corrected chi connectivity index (χ1v) is 14.3. The van der Waals surface area contributed by atoms with Crippen molar-refractivity contribution < 1.29 is 13.2 Å². The summed E-state index contributed by atoms with van der Waals surface area (Å²) in [7, 11) is -3.76. The molecule has 4 aromatic rings. The van der Waals surface area contributed by atoms with Crippen LogP contribution in [0.1, 0.15) is 33.1 Å². The molecule has 0 spiro atoms. The van der Waals surface area contributed by atoms with E-state index >= 15 is 0 Å². The molecule has 6 nitrogen and oxygen atoms in total. The molecule has 4 aromatic carbocycles. The highest BCUT2D eigenvalue weighted by molar-refractivity contribution is 7.89. The van der Waals surface area contributed by atoms with Gasteiger partial charge in [0.05, 0.1) is 10.9 Å². The van der Waals surface area contributed by atoms with Gasteiger partial charge < -0.3 is 4.90 Å². The Kier molecular flexibility index (Phi) is 7.98. The smallest absolute Gasteiger partial charge is 0.253 e. The molecule has 0 radical (unpaired) electrons. The van der Waals surface area contributed by atoms with Crippen LogP contribution in [0, 0.1) is 0 Å². The van der Waals surface area contributed by atoms with Gasteiger partial charge in [0.15, 0.2) is 0 Å². The predicted octanol–water partition coefficient (Wildman–Crippen LogP) is 4.71. The molecule has 0 saturated carbocycles. The Morgan fingerprint density at radius 2 is 1.26 bits per heavy atom. The number of nitrogens with zero attached hydrogens (tertiary/aromatic N) is 2. The van der Waals surface area contributed by atoms with Crippen molar-refractivity contribution in [1.29, 1.82) is 0 Å². The number of benzene rings is 4. The minimum absolute atomic E-state index is 0.0890. The maximum atomic E-state index is 13.4. The van der Waals surface area contributed by atoms with E-state index in [2.05, 4.69) is 58.2 Å². The summed E-state index contributed by atoms with van der Waals surface area (Å²) >= 11 is 0. The van der Waals surface area contributed by atoms with Crippen molar-refractivity contribution in [1.82, 2.24) is 14.5 Å². The molecule has 1 fully saturated rings. The van der Waals surface area contributed by atoms with Crippen LogP contribution in [0.5, 0.6) is 0 Å². The first-order chi connectivity index (χ1) is 18.5. The third kappa shape index (κ3) is 6.02. The molecule has 1 aliphatic rings. The zero-order chi connectivity index (χ0) is 26.4. The van der Waals surface area contributed by atoms with E-state index in [4.69, 9.17) is 0 Å². The van der Waals surface area contributed by atoms with Crippen LogP contribution in [0.25, 0.3) is 0 Å². The zero-order valence-corrected chi connectivity index (χ0v) is 21.9. The fourth-order valence-corrected chi connectivity index (χ4v) is 5.97. The van der Waals surface area contributed by atoms with Gasteiger partial charge in [-0.2, -0.15) is 0 Å². The number of hydrogen-bond acceptors (Lipinski definition) is 4. The lowest BCUT2D eigenvalue weighted by Crippen LogP contribution is -2.49. The van der Waals surface area contributed by atoms with E-state index in [0.29, 0.717) is 18.7 Å². The molecule has 0 aliphatic carbocycles. The molecule has 1 N–H and O–H groups in total. The zero-order valence-electron chi connectivity index (χ0n) is 21.1. The van der Waals surface area contributed by atoms with Crippen molar-refractivity contribution in [2.24, 2.45) is 0 Å². The van der Waals surface area contributed by atoms with Gasteiger partial charge in [0.25, 0.3) is 5.91 Å². The summed E-state index contributed by atoms with van der Waals surface area (Å²) in [6, 6.07) is 36.6. The number of rotatable bonds is 8. The minimum Gasteiger partial charge on any atom is -0.336 e. The van der Waals surface area contributed by atoms with E-state index < -0.39 is 10.0 Å². The number of piperazine rings is 1. The van der Waals surface area contributed by atoms with Gasteiger partial charge in [0.2, 0.25) is 10.0 Å². The summed E-state index contributed by atoms with van der Waals surface area (Å²) in [6.45, 7) is 2.76. The average molecular weight is 526 g/mol. The second kappa shape index (κ2) is 11.7. The number of sulfonamides is 1. The van der Waals surface area contributed by atoms with Gasteiger partial charge in [-0.1, -0.05) is 97.1 Å². The number of amides is 1. The van der Waals surface area contributed by atoms with Crippen LogP contribution in [0.15, 0.2) is 120 Å². The summed E-state index contributed by atoms with van der Waals surface area (Å²) in [4.78, 5) is 17.7. The molecule has 194 valence electrons. The van der Waals surface area contributed by atoms with E-state index in [1.807, 2.05) is 47.4 Å². The fraction of sp³-hybridized carbons (Fsp3) is 0.194. The lowest BCUT2D eigenvalue weighted by Gasteiger charge is -2.39.